The maximum atomic E-state index is 8.39. The maximum Gasteiger partial charge on any atom is 0.167 e. The molecule has 1 heterocycles. The summed E-state index contributed by atoms with van der Waals surface area (Å²) in [7, 11) is 0. The van der Waals surface area contributed by atoms with Gasteiger partial charge in [0.2, 0.25) is 0 Å². The fourth-order valence-corrected chi connectivity index (χ4v) is 2.62. The van der Waals surface area contributed by atoms with E-state index in [1.807, 2.05) is 44.2 Å². The normalized spacial score (nSPS) is 11.4. The third kappa shape index (κ3) is 2.25. The number of hydrogen-bond donors (Lipinski definition) is 0. The molecule has 0 unspecified atom stereocenters. The van der Waals surface area contributed by atoms with E-state index >= 15 is 0 Å². The van der Waals surface area contributed by atoms with Crippen LogP contribution in [0.25, 0.3) is 22.6 Å². The molecule has 0 fully saturated rings. The summed E-state index contributed by atoms with van der Waals surface area (Å²) in [6.45, 7) is 6.17. The lowest BCUT2D eigenvalue weighted by Gasteiger charge is -2.07. The van der Waals surface area contributed by atoms with Crippen LogP contribution in [0.1, 0.15) is 18.1 Å². The zero-order valence-corrected chi connectivity index (χ0v) is 11.9. The molecule has 0 radical (unpaired) electrons. The van der Waals surface area contributed by atoms with E-state index in [9.17, 15) is 0 Å². The predicted octanol–water partition coefficient (Wildman–Crippen LogP) is 4.93. The van der Waals surface area contributed by atoms with E-state index in [2.05, 4.69) is 24.2 Å². The highest BCUT2D eigenvalue weighted by Crippen LogP contribution is 2.30. The van der Waals surface area contributed by atoms with Gasteiger partial charge in [-0.3, -0.25) is 0 Å². The Bertz CT molecular complexity index is 767. The quantitative estimate of drug-likeness (QED) is 0.655. The number of nitrogens with zero attached hydrogens (tertiary/aromatic N) is 1. The van der Waals surface area contributed by atoms with Crippen molar-refractivity contribution in [2.45, 2.75) is 20.8 Å². The topological polar surface area (TPSA) is 26.0 Å². The van der Waals surface area contributed by atoms with Crippen LogP contribution in [0.4, 0.5) is 0 Å². The summed E-state index contributed by atoms with van der Waals surface area (Å²) >= 11 is 0. The van der Waals surface area contributed by atoms with Gasteiger partial charge in [0, 0.05) is 17.2 Å². The van der Waals surface area contributed by atoms with Gasteiger partial charge < -0.3 is 4.52 Å². The van der Waals surface area contributed by atoms with Crippen LogP contribution >= 0.6 is 0 Å². The van der Waals surface area contributed by atoms with Gasteiger partial charge in [-0.25, -0.2) is 0 Å². The Morgan fingerprint density at radius 3 is 2.30 bits per heavy atom. The standard InChI is InChI=1S/C18H17NO/c1-12-9-13(2)18(14(3)10-12)16-11-17(20-19-16)15-7-5-4-6-8-15/h4-11H,1-3H3/i11D. The molecule has 0 saturated heterocycles. The average molecular weight is 264 g/mol. The van der Waals surface area contributed by atoms with Gasteiger partial charge in [-0.2, -0.15) is 0 Å². The van der Waals surface area contributed by atoms with E-state index in [1.54, 1.807) is 0 Å². The average Bonchev–Trinajstić information content (AvgIpc) is 2.81. The van der Waals surface area contributed by atoms with Crippen LogP contribution in [0.2, 0.25) is 0 Å². The predicted molar refractivity (Wildman–Crippen MR) is 81.6 cm³/mol. The van der Waals surface area contributed by atoms with Crippen molar-refractivity contribution in [3.63, 3.8) is 0 Å². The lowest BCUT2D eigenvalue weighted by molar-refractivity contribution is 0.435. The zero-order valence-electron chi connectivity index (χ0n) is 12.9. The molecule has 20 heavy (non-hydrogen) atoms. The van der Waals surface area contributed by atoms with Gasteiger partial charge in [0.25, 0.3) is 0 Å². The molecule has 0 amide bonds. The molecule has 0 N–H and O–H groups in total. The van der Waals surface area contributed by atoms with E-state index < -0.39 is 0 Å². The molecule has 0 aliphatic carbocycles. The van der Waals surface area contributed by atoms with E-state index in [0.717, 1.165) is 22.3 Å². The second-order valence-corrected chi connectivity index (χ2v) is 5.13. The molecule has 1 aromatic heterocycles. The van der Waals surface area contributed by atoms with Gasteiger partial charge in [-0.1, -0.05) is 53.2 Å². The van der Waals surface area contributed by atoms with Crippen molar-refractivity contribution in [3.05, 3.63) is 65.2 Å². The minimum Gasteiger partial charge on any atom is -0.356 e. The van der Waals surface area contributed by atoms with Crippen molar-refractivity contribution in [1.82, 2.24) is 5.16 Å². The van der Waals surface area contributed by atoms with E-state index in [-0.39, 0.29) is 0 Å². The van der Waals surface area contributed by atoms with Gasteiger partial charge in [0.1, 0.15) is 5.69 Å². The number of aryl methyl sites for hydroxylation is 3. The molecule has 0 saturated carbocycles. The minimum atomic E-state index is 0.344. The molecule has 0 aliphatic heterocycles. The first-order chi connectivity index (χ1) is 10.1. The summed E-state index contributed by atoms with van der Waals surface area (Å²) < 4.78 is 13.8. The number of hydrogen-bond acceptors (Lipinski definition) is 2. The molecule has 3 aromatic rings. The monoisotopic (exact) mass is 264 g/mol. The van der Waals surface area contributed by atoms with Crippen molar-refractivity contribution in [3.8, 4) is 22.6 Å². The Balaban J connectivity index is 2.16. The molecule has 0 atom stereocenters. The fourth-order valence-electron chi connectivity index (χ4n) is 2.62. The molecule has 2 nitrogen and oxygen atoms in total. The van der Waals surface area contributed by atoms with Crippen LogP contribution in [0.15, 0.2) is 53.0 Å². The first kappa shape index (κ1) is 11.5. The van der Waals surface area contributed by atoms with E-state index in [0.29, 0.717) is 17.5 Å². The van der Waals surface area contributed by atoms with Crippen LogP contribution in [0.3, 0.4) is 0 Å². The van der Waals surface area contributed by atoms with Crippen LogP contribution in [0.5, 0.6) is 0 Å². The molecule has 0 bridgehead atoms. The van der Waals surface area contributed by atoms with Crippen molar-refractivity contribution in [2.24, 2.45) is 0 Å². The van der Waals surface area contributed by atoms with Crippen LogP contribution in [-0.2, 0) is 0 Å². The van der Waals surface area contributed by atoms with Crippen LogP contribution in [0, 0.1) is 20.8 Å². The molecule has 3 rings (SSSR count). The Labute approximate surface area is 120 Å². The molecule has 2 aromatic carbocycles. The van der Waals surface area contributed by atoms with Gasteiger partial charge in [-0.15, -0.1) is 0 Å². The first-order valence-corrected chi connectivity index (χ1v) is 6.68. The van der Waals surface area contributed by atoms with E-state index in [4.69, 9.17) is 5.89 Å². The summed E-state index contributed by atoms with van der Waals surface area (Å²) in [5, 5.41) is 4.15. The van der Waals surface area contributed by atoms with Crippen molar-refractivity contribution in [1.29, 1.82) is 0 Å². The lowest BCUT2D eigenvalue weighted by atomic mass is 9.97. The highest BCUT2D eigenvalue weighted by atomic mass is 16.5. The van der Waals surface area contributed by atoms with Gasteiger partial charge in [0.05, 0.1) is 1.37 Å². The highest BCUT2D eigenvalue weighted by Gasteiger charge is 2.12. The molecule has 100 valence electrons. The summed E-state index contributed by atoms with van der Waals surface area (Å²) in [4.78, 5) is 0. The third-order valence-electron chi connectivity index (χ3n) is 3.41. The summed E-state index contributed by atoms with van der Waals surface area (Å²) in [5.41, 5.74) is 5.94. The zero-order chi connectivity index (χ0) is 15.0. The Morgan fingerprint density at radius 2 is 1.65 bits per heavy atom. The minimum absolute atomic E-state index is 0.344. The Hall–Kier alpha value is -2.35. The van der Waals surface area contributed by atoms with E-state index in [1.165, 1.54) is 5.56 Å². The number of rotatable bonds is 2. The summed E-state index contributed by atoms with van der Waals surface area (Å²) in [6.07, 6.45) is 0. The number of aromatic nitrogens is 1. The van der Waals surface area contributed by atoms with Crippen molar-refractivity contribution < 1.29 is 5.89 Å². The smallest absolute Gasteiger partial charge is 0.167 e. The molecule has 2 heteroatoms. The largest absolute Gasteiger partial charge is 0.356 e. The second-order valence-electron chi connectivity index (χ2n) is 5.13. The van der Waals surface area contributed by atoms with Crippen molar-refractivity contribution >= 4 is 0 Å². The Morgan fingerprint density at radius 1 is 1.00 bits per heavy atom. The van der Waals surface area contributed by atoms with Crippen molar-refractivity contribution in [2.75, 3.05) is 0 Å². The molecule has 0 spiro atoms. The van der Waals surface area contributed by atoms with Gasteiger partial charge in [0.15, 0.2) is 5.76 Å². The third-order valence-corrected chi connectivity index (χ3v) is 3.41. The maximum absolute atomic E-state index is 8.39. The molecular formula is C18H17NO. The van der Waals surface area contributed by atoms with Crippen LogP contribution < -0.4 is 0 Å². The second kappa shape index (κ2) is 4.97. The van der Waals surface area contributed by atoms with Gasteiger partial charge in [-0.05, 0) is 31.9 Å². The molecule has 0 aliphatic rings. The van der Waals surface area contributed by atoms with Crippen LogP contribution in [-0.4, -0.2) is 5.16 Å². The highest BCUT2D eigenvalue weighted by molar-refractivity contribution is 5.71. The summed E-state index contributed by atoms with van der Waals surface area (Å²) in [5.74, 6) is 0.518. The SMILES string of the molecule is [2H]c1c(-c2c(C)cc(C)cc2C)noc1-c1ccccc1. The molecular weight excluding hydrogens is 246 g/mol. The first-order valence-electron chi connectivity index (χ1n) is 7.18. The lowest BCUT2D eigenvalue weighted by Crippen LogP contribution is -1.89. The number of benzene rings is 2. The fraction of sp³-hybridized carbons (Fsp3) is 0.167. The van der Waals surface area contributed by atoms with Gasteiger partial charge >= 0.3 is 0 Å². The summed E-state index contributed by atoms with van der Waals surface area (Å²) in [6, 6.07) is 14.2. The Kier molecular flexibility index (Phi) is 2.85.